The van der Waals surface area contributed by atoms with Gasteiger partial charge in [0.25, 0.3) is 0 Å². The zero-order valence-corrected chi connectivity index (χ0v) is 18.4. The maximum atomic E-state index is 10.3. The molecule has 0 unspecified atom stereocenters. The largest absolute Gasteiger partial charge is 0.481 e. The van der Waals surface area contributed by atoms with Crippen LogP contribution in [0.2, 0.25) is 0 Å². The van der Waals surface area contributed by atoms with Crippen molar-refractivity contribution >= 4 is 5.97 Å². The molecule has 0 aromatic heterocycles. The van der Waals surface area contributed by atoms with Crippen molar-refractivity contribution in [3.05, 3.63) is 0 Å². The van der Waals surface area contributed by atoms with Gasteiger partial charge in [0.2, 0.25) is 0 Å². The van der Waals surface area contributed by atoms with Crippen LogP contribution in [0.25, 0.3) is 0 Å². The average molecular weight is 384 g/mol. The van der Waals surface area contributed by atoms with Gasteiger partial charge in [0.15, 0.2) is 0 Å². The van der Waals surface area contributed by atoms with Gasteiger partial charge in [-0.05, 0) is 19.3 Å². The van der Waals surface area contributed by atoms with Crippen LogP contribution < -0.4 is 5.73 Å². The van der Waals surface area contributed by atoms with Crippen LogP contribution in [0.3, 0.4) is 0 Å². The highest BCUT2D eigenvalue weighted by Gasteiger charge is 2.06. The van der Waals surface area contributed by atoms with Gasteiger partial charge in [-0.3, -0.25) is 4.79 Å². The molecule has 0 aliphatic heterocycles. The second kappa shape index (κ2) is 21.7. The number of carbonyl (C=O) groups is 1. The van der Waals surface area contributed by atoms with Crippen molar-refractivity contribution in [2.24, 2.45) is 5.73 Å². The average Bonchev–Trinajstić information content (AvgIpc) is 2.66. The third-order valence-corrected chi connectivity index (χ3v) is 5.64. The molecule has 0 aromatic rings. The fraction of sp³-hybridized carbons (Fsp3) is 0.958. The lowest BCUT2D eigenvalue weighted by atomic mass is 9.97. The summed E-state index contributed by atoms with van der Waals surface area (Å²) in [5.74, 6) is -0.653. The zero-order valence-electron chi connectivity index (χ0n) is 18.4. The van der Waals surface area contributed by atoms with E-state index in [4.69, 9.17) is 10.8 Å². The summed E-state index contributed by atoms with van der Waals surface area (Å²) in [7, 11) is 0. The molecule has 1 aliphatic carbocycles. The van der Waals surface area contributed by atoms with Crippen LogP contribution >= 0.6 is 0 Å². The van der Waals surface area contributed by atoms with Gasteiger partial charge in [-0.2, -0.15) is 0 Å². The quantitative estimate of drug-likeness (QED) is 0.269. The van der Waals surface area contributed by atoms with E-state index >= 15 is 0 Å². The van der Waals surface area contributed by atoms with E-state index < -0.39 is 5.97 Å². The van der Waals surface area contributed by atoms with Crippen LogP contribution in [-0.4, -0.2) is 17.1 Å². The molecule has 27 heavy (non-hydrogen) atoms. The number of unbranched alkanes of at least 4 members (excludes halogenated alkanes) is 14. The molecule has 0 spiro atoms. The van der Waals surface area contributed by atoms with Gasteiger partial charge in [-0.15, -0.1) is 0 Å². The number of hydrogen-bond donors (Lipinski definition) is 2. The number of carboxylic acid groups (broad SMARTS) is 1. The maximum Gasteiger partial charge on any atom is 0.303 e. The second-order valence-electron chi connectivity index (χ2n) is 8.49. The van der Waals surface area contributed by atoms with Gasteiger partial charge >= 0.3 is 5.97 Å². The molecule has 0 aromatic carbocycles. The van der Waals surface area contributed by atoms with Crippen molar-refractivity contribution in [3.8, 4) is 0 Å². The third-order valence-electron chi connectivity index (χ3n) is 5.64. The summed E-state index contributed by atoms with van der Waals surface area (Å²) >= 11 is 0. The van der Waals surface area contributed by atoms with Crippen LogP contribution in [0.1, 0.15) is 142 Å². The molecule has 0 atom stereocenters. The molecule has 3 heteroatoms. The second-order valence-corrected chi connectivity index (χ2v) is 8.49. The van der Waals surface area contributed by atoms with Crippen LogP contribution in [-0.2, 0) is 4.79 Å². The van der Waals surface area contributed by atoms with E-state index in [1.54, 1.807) is 0 Å². The lowest BCUT2D eigenvalue weighted by Gasteiger charge is -2.15. The fourth-order valence-electron chi connectivity index (χ4n) is 3.78. The van der Waals surface area contributed by atoms with E-state index in [2.05, 4.69) is 6.92 Å². The molecule has 0 heterocycles. The minimum Gasteiger partial charge on any atom is -0.481 e. The summed E-state index contributed by atoms with van der Waals surface area (Å²) in [5, 5.41) is 8.52. The first kappa shape index (κ1) is 26.4. The van der Waals surface area contributed by atoms with Crippen LogP contribution in [0.5, 0.6) is 0 Å². The van der Waals surface area contributed by atoms with Crippen molar-refractivity contribution in [1.29, 1.82) is 0 Å². The summed E-state index contributed by atoms with van der Waals surface area (Å²) in [4.78, 5) is 10.3. The number of aliphatic carboxylic acids is 1. The molecule has 0 saturated heterocycles. The van der Waals surface area contributed by atoms with Gasteiger partial charge in [-0.1, -0.05) is 116 Å². The smallest absolute Gasteiger partial charge is 0.303 e. The molecular weight excluding hydrogens is 334 g/mol. The number of carboxylic acids is 1. The first-order valence-corrected chi connectivity index (χ1v) is 12.1. The fourth-order valence-corrected chi connectivity index (χ4v) is 3.78. The first-order chi connectivity index (χ1) is 13.2. The van der Waals surface area contributed by atoms with Crippen molar-refractivity contribution in [3.63, 3.8) is 0 Å². The van der Waals surface area contributed by atoms with Gasteiger partial charge in [-0.25, -0.2) is 0 Å². The minimum atomic E-state index is -0.653. The molecule has 0 radical (unpaired) electrons. The van der Waals surface area contributed by atoms with E-state index in [1.165, 1.54) is 116 Å². The summed E-state index contributed by atoms with van der Waals surface area (Å²) in [6.45, 7) is 2.27. The first-order valence-electron chi connectivity index (χ1n) is 12.1. The predicted molar refractivity (Wildman–Crippen MR) is 118 cm³/mol. The Labute approximate surface area is 169 Å². The number of rotatable bonds is 16. The Balaban J connectivity index is 0.000000797. The van der Waals surface area contributed by atoms with Crippen LogP contribution in [0, 0.1) is 0 Å². The Morgan fingerprint density at radius 1 is 0.704 bits per heavy atom. The Morgan fingerprint density at radius 3 is 1.37 bits per heavy atom. The molecule has 0 bridgehead atoms. The molecular formula is C24H49NO2. The zero-order chi connectivity index (χ0) is 20.0. The molecule has 1 fully saturated rings. The SMILES string of the molecule is CCCCCCCCCCCCCCCCCC(=O)O.NC1CCCCC1. The Morgan fingerprint density at radius 2 is 1.07 bits per heavy atom. The molecule has 1 rings (SSSR count). The molecule has 1 saturated carbocycles. The third kappa shape index (κ3) is 23.4. The molecule has 162 valence electrons. The Kier molecular flexibility index (Phi) is 21.3. The van der Waals surface area contributed by atoms with E-state index in [9.17, 15) is 4.79 Å². The summed E-state index contributed by atoms with van der Waals surface area (Å²) < 4.78 is 0. The molecule has 3 N–H and O–H groups in total. The highest BCUT2D eigenvalue weighted by atomic mass is 16.4. The number of hydrogen-bond acceptors (Lipinski definition) is 2. The van der Waals surface area contributed by atoms with Crippen molar-refractivity contribution in [1.82, 2.24) is 0 Å². The van der Waals surface area contributed by atoms with Gasteiger partial charge < -0.3 is 10.8 Å². The summed E-state index contributed by atoms with van der Waals surface area (Å²) in [6.07, 6.45) is 26.9. The topological polar surface area (TPSA) is 63.3 Å². The predicted octanol–water partition coefficient (Wildman–Crippen LogP) is 7.61. The molecule has 0 amide bonds. The van der Waals surface area contributed by atoms with E-state index in [0.29, 0.717) is 12.5 Å². The van der Waals surface area contributed by atoms with E-state index in [1.807, 2.05) is 0 Å². The normalized spacial score (nSPS) is 14.6. The summed E-state index contributed by atoms with van der Waals surface area (Å²) in [5.41, 5.74) is 5.63. The highest BCUT2D eigenvalue weighted by Crippen LogP contribution is 2.15. The Bertz CT molecular complexity index is 301. The monoisotopic (exact) mass is 383 g/mol. The standard InChI is InChI=1S/C18H36O2.C6H13N/c1-2-3-4-5-6-7-8-9-10-11-12-13-14-15-16-17-18(19)20;7-6-4-2-1-3-5-6/h2-17H2,1H3,(H,19,20);6H,1-5,7H2. The van der Waals surface area contributed by atoms with Gasteiger partial charge in [0.1, 0.15) is 0 Å². The Hall–Kier alpha value is -0.570. The maximum absolute atomic E-state index is 10.3. The number of nitrogens with two attached hydrogens (primary N) is 1. The van der Waals surface area contributed by atoms with Gasteiger partial charge in [0, 0.05) is 12.5 Å². The van der Waals surface area contributed by atoms with Crippen molar-refractivity contribution in [2.45, 2.75) is 148 Å². The minimum absolute atomic E-state index is 0.345. The lowest BCUT2D eigenvalue weighted by Crippen LogP contribution is -2.22. The van der Waals surface area contributed by atoms with E-state index in [0.717, 1.165) is 12.8 Å². The van der Waals surface area contributed by atoms with E-state index in [-0.39, 0.29) is 0 Å². The van der Waals surface area contributed by atoms with Gasteiger partial charge in [0.05, 0.1) is 0 Å². The molecule has 3 nitrogen and oxygen atoms in total. The lowest BCUT2D eigenvalue weighted by molar-refractivity contribution is -0.137. The summed E-state index contributed by atoms with van der Waals surface area (Å²) in [6, 6.07) is 0.536. The van der Waals surface area contributed by atoms with Crippen molar-refractivity contribution < 1.29 is 9.90 Å². The van der Waals surface area contributed by atoms with Crippen molar-refractivity contribution in [2.75, 3.05) is 0 Å². The highest BCUT2D eigenvalue weighted by molar-refractivity contribution is 5.66. The molecule has 1 aliphatic rings. The van der Waals surface area contributed by atoms with Crippen LogP contribution in [0.4, 0.5) is 0 Å². The van der Waals surface area contributed by atoms with Crippen LogP contribution in [0.15, 0.2) is 0 Å².